The number of halogens is 1. The molecule has 0 unspecified atom stereocenters. The number of aromatic nitrogens is 3. The Morgan fingerprint density at radius 3 is 2.46 bits per heavy atom. The first-order valence-electron chi connectivity index (χ1n) is 11.2. The number of nitrogens with one attached hydrogen (secondary N) is 1. The molecular formula is C22H23ClN8O4. The minimum absolute atomic E-state index is 0.0719. The molecule has 13 heteroatoms. The van der Waals surface area contributed by atoms with Crippen LogP contribution in [0.4, 0.5) is 23.5 Å². The van der Waals surface area contributed by atoms with Crippen molar-refractivity contribution in [3.8, 4) is 11.3 Å². The predicted molar refractivity (Wildman–Crippen MR) is 131 cm³/mol. The summed E-state index contributed by atoms with van der Waals surface area (Å²) in [5.41, 5.74) is 3.22. The maximum Gasteiger partial charge on any atom is 0.270 e. The van der Waals surface area contributed by atoms with Gasteiger partial charge in [0, 0.05) is 43.9 Å². The molecule has 1 N–H and O–H groups in total. The second kappa shape index (κ2) is 10.2. The van der Waals surface area contributed by atoms with Gasteiger partial charge in [-0.2, -0.15) is 20.1 Å². The predicted octanol–water partition coefficient (Wildman–Crippen LogP) is 3.58. The van der Waals surface area contributed by atoms with Gasteiger partial charge in [-0.05, 0) is 31.0 Å². The average Bonchev–Trinajstić information content (AvgIpc) is 3.57. The molecule has 0 radical (unpaired) electrons. The summed E-state index contributed by atoms with van der Waals surface area (Å²) >= 11 is 6.21. The van der Waals surface area contributed by atoms with E-state index in [0.29, 0.717) is 66.3 Å². The highest BCUT2D eigenvalue weighted by atomic mass is 35.5. The number of benzene rings is 1. The molecule has 12 nitrogen and oxygen atoms in total. The molecule has 3 aromatic rings. The number of nitro benzene ring substituents is 1. The molecule has 2 fully saturated rings. The van der Waals surface area contributed by atoms with Gasteiger partial charge in [0.2, 0.25) is 17.8 Å². The number of nitrogens with zero attached hydrogens (tertiary/aromatic N) is 7. The van der Waals surface area contributed by atoms with E-state index in [2.05, 4.69) is 35.3 Å². The van der Waals surface area contributed by atoms with E-state index in [1.807, 2.05) is 0 Å². The lowest BCUT2D eigenvalue weighted by Crippen LogP contribution is -2.38. The number of ether oxygens (including phenoxy) is 1. The third-order valence-electron chi connectivity index (χ3n) is 5.70. The molecule has 4 heterocycles. The summed E-state index contributed by atoms with van der Waals surface area (Å²) in [6, 6.07) is 7.56. The van der Waals surface area contributed by atoms with Crippen LogP contribution in [0.5, 0.6) is 0 Å². The van der Waals surface area contributed by atoms with Crippen LogP contribution in [0.15, 0.2) is 39.9 Å². The zero-order chi connectivity index (χ0) is 24.2. The smallest absolute Gasteiger partial charge is 0.270 e. The van der Waals surface area contributed by atoms with Gasteiger partial charge in [-0.1, -0.05) is 11.6 Å². The summed E-state index contributed by atoms with van der Waals surface area (Å²) in [6.45, 7) is 4.49. The summed E-state index contributed by atoms with van der Waals surface area (Å²) in [4.78, 5) is 28.6. The molecule has 182 valence electrons. The standard InChI is InChI=1S/C22H23ClN8O4/c23-18-5-3-15(31(32)33)13-17(18)19-6-4-16(35-19)14-24-28-20-25-21(29-7-1-2-8-29)27-22(26-20)30-9-11-34-12-10-30/h3-6,13-14H,1-2,7-12H2,(H,25,26,27,28)/b24-14+. The zero-order valence-corrected chi connectivity index (χ0v) is 19.5. The molecule has 0 spiro atoms. The molecule has 2 aliphatic rings. The van der Waals surface area contributed by atoms with E-state index in [4.69, 9.17) is 20.8 Å². The van der Waals surface area contributed by atoms with Crippen molar-refractivity contribution in [2.45, 2.75) is 12.8 Å². The van der Waals surface area contributed by atoms with Crippen molar-refractivity contribution in [1.29, 1.82) is 0 Å². The largest absolute Gasteiger partial charge is 0.455 e. The Labute approximate surface area is 205 Å². The Morgan fingerprint density at radius 2 is 1.74 bits per heavy atom. The minimum atomic E-state index is -0.481. The van der Waals surface area contributed by atoms with Gasteiger partial charge in [-0.3, -0.25) is 10.1 Å². The SMILES string of the molecule is O=[N+]([O-])c1ccc(Cl)c(-c2ccc(/C=N/Nc3nc(N4CCCC4)nc(N4CCOCC4)n3)o2)c1. The van der Waals surface area contributed by atoms with Crippen LogP contribution < -0.4 is 15.2 Å². The first-order chi connectivity index (χ1) is 17.1. The quantitative estimate of drug-likeness (QED) is 0.292. The van der Waals surface area contributed by atoms with Crippen LogP contribution in [0.2, 0.25) is 5.02 Å². The third kappa shape index (κ3) is 5.33. The average molecular weight is 499 g/mol. The Balaban J connectivity index is 1.34. The lowest BCUT2D eigenvalue weighted by Gasteiger charge is -2.27. The van der Waals surface area contributed by atoms with Gasteiger partial charge >= 0.3 is 0 Å². The summed E-state index contributed by atoms with van der Waals surface area (Å²) in [7, 11) is 0. The molecule has 5 rings (SSSR count). The van der Waals surface area contributed by atoms with Crippen molar-refractivity contribution in [2.24, 2.45) is 5.10 Å². The van der Waals surface area contributed by atoms with Gasteiger partial charge in [0.25, 0.3) is 5.69 Å². The monoisotopic (exact) mass is 498 g/mol. The summed E-state index contributed by atoms with van der Waals surface area (Å²) in [5, 5.41) is 15.6. The highest BCUT2D eigenvalue weighted by Crippen LogP contribution is 2.32. The van der Waals surface area contributed by atoms with Gasteiger partial charge in [0.15, 0.2) is 0 Å². The van der Waals surface area contributed by atoms with E-state index in [-0.39, 0.29) is 5.69 Å². The van der Waals surface area contributed by atoms with Crippen molar-refractivity contribution in [2.75, 3.05) is 54.6 Å². The second-order valence-corrected chi connectivity index (χ2v) is 8.45. The fourth-order valence-electron chi connectivity index (χ4n) is 3.90. The van der Waals surface area contributed by atoms with Crippen LogP contribution >= 0.6 is 11.6 Å². The lowest BCUT2D eigenvalue weighted by molar-refractivity contribution is -0.384. The molecule has 2 aromatic heterocycles. The van der Waals surface area contributed by atoms with Crippen LogP contribution in [0.3, 0.4) is 0 Å². The Hall–Kier alpha value is -3.77. The molecule has 0 amide bonds. The highest BCUT2D eigenvalue weighted by Gasteiger charge is 2.21. The maximum absolute atomic E-state index is 11.1. The normalized spacial score (nSPS) is 16.3. The van der Waals surface area contributed by atoms with Gasteiger partial charge in [0.05, 0.1) is 29.4 Å². The second-order valence-electron chi connectivity index (χ2n) is 8.05. The summed E-state index contributed by atoms with van der Waals surface area (Å²) in [5.74, 6) is 2.36. The van der Waals surface area contributed by atoms with Crippen LogP contribution in [0, 0.1) is 10.1 Å². The number of hydrogen-bond donors (Lipinski definition) is 1. The number of anilines is 3. The molecular weight excluding hydrogens is 476 g/mol. The number of hydrazone groups is 1. The fourth-order valence-corrected chi connectivity index (χ4v) is 4.11. The van der Waals surface area contributed by atoms with Gasteiger partial charge in [0.1, 0.15) is 11.5 Å². The molecule has 0 bridgehead atoms. The summed E-state index contributed by atoms with van der Waals surface area (Å²) < 4.78 is 11.2. The van der Waals surface area contributed by atoms with Gasteiger partial charge in [-0.15, -0.1) is 0 Å². The molecule has 0 atom stereocenters. The van der Waals surface area contributed by atoms with E-state index in [9.17, 15) is 10.1 Å². The molecule has 1 aromatic carbocycles. The first-order valence-corrected chi connectivity index (χ1v) is 11.6. The highest BCUT2D eigenvalue weighted by molar-refractivity contribution is 6.33. The van der Waals surface area contributed by atoms with E-state index in [0.717, 1.165) is 25.9 Å². The van der Waals surface area contributed by atoms with E-state index < -0.39 is 4.92 Å². The van der Waals surface area contributed by atoms with Gasteiger partial charge < -0.3 is 19.0 Å². The maximum atomic E-state index is 11.1. The van der Waals surface area contributed by atoms with Crippen molar-refractivity contribution >= 4 is 41.3 Å². The number of rotatable bonds is 7. The van der Waals surface area contributed by atoms with E-state index in [1.165, 1.54) is 24.4 Å². The fraction of sp³-hybridized carbons (Fsp3) is 0.364. The molecule has 0 aliphatic carbocycles. The number of nitro groups is 1. The number of furan rings is 1. The topological polar surface area (TPSA) is 135 Å². The Kier molecular flexibility index (Phi) is 6.73. The lowest BCUT2D eigenvalue weighted by atomic mass is 10.1. The van der Waals surface area contributed by atoms with Crippen molar-refractivity contribution < 1.29 is 14.1 Å². The van der Waals surface area contributed by atoms with Crippen molar-refractivity contribution in [1.82, 2.24) is 15.0 Å². The van der Waals surface area contributed by atoms with Crippen LogP contribution in [0.25, 0.3) is 11.3 Å². The van der Waals surface area contributed by atoms with Crippen molar-refractivity contribution in [3.05, 3.63) is 51.2 Å². The summed E-state index contributed by atoms with van der Waals surface area (Å²) in [6.07, 6.45) is 3.69. The molecule has 2 saturated heterocycles. The van der Waals surface area contributed by atoms with Crippen molar-refractivity contribution in [3.63, 3.8) is 0 Å². The van der Waals surface area contributed by atoms with E-state index >= 15 is 0 Å². The Morgan fingerprint density at radius 1 is 1.03 bits per heavy atom. The molecule has 2 aliphatic heterocycles. The Bertz CT molecular complexity index is 1240. The number of morpholine rings is 1. The van der Waals surface area contributed by atoms with Crippen LogP contribution in [-0.4, -0.2) is 65.5 Å². The molecule has 35 heavy (non-hydrogen) atoms. The number of non-ortho nitro benzene ring substituents is 1. The first kappa shape index (κ1) is 23.0. The molecule has 0 saturated carbocycles. The van der Waals surface area contributed by atoms with Crippen LogP contribution in [-0.2, 0) is 4.74 Å². The minimum Gasteiger partial charge on any atom is -0.455 e. The van der Waals surface area contributed by atoms with Gasteiger partial charge in [-0.25, -0.2) is 5.43 Å². The third-order valence-corrected chi connectivity index (χ3v) is 6.03. The zero-order valence-electron chi connectivity index (χ0n) is 18.8. The number of hydrogen-bond acceptors (Lipinski definition) is 11. The van der Waals surface area contributed by atoms with Crippen LogP contribution in [0.1, 0.15) is 18.6 Å². The van der Waals surface area contributed by atoms with E-state index in [1.54, 1.807) is 12.1 Å².